The van der Waals surface area contributed by atoms with Crippen molar-refractivity contribution in [3.8, 4) is 0 Å². The fourth-order valence-electron chi connectivity index (χ4n) is 1.74. The fourth-order valence-corrected chi connectivity index (χ4v) is 1.74. The van der Waals surface area contributed by atoms with Gasteiger partial charge in [-0.05, 0) is 38.0 Å². The van der Waals surface area contributed by atoms with E-state index in [4.69, 9.17) is 5.73 Å². The molecule has 0 amide bonds. The van der Waals surface area contributed by atoms with E-state index in [-0.39, 0.29) is 0 Å². The standard InChI is InChI=1S/C13H22N2O/c1-4-7-13(3,16)9-15-12-8-10(2)5-6-11(12)14/h5-6,8,15-16H,4,7,9,14H2,1-3H3. The van der Waals surface area contributed by atoms with E-state index in [1.807, 2.05) is 32.0 Å². The molecule has 1 atom stereocenters. The van der Waals surface area contributed by atoms with Gasteiger partial charge in [-0.15, -0.1) is 0 Å². The van der Waals surface area contributed by atoms with Crippen molar-refractivity contribution in [1.82, 2.24) is 0 Å². The molecule has 0 bridgehead atoms. The molecule has 1 aromatic carbocycles. The van der Waals surface area contributed by atoms with E-state index in [1.165, 1.54) is 0 Å². The molecule has 0 aliphatic heterocycles. The molecule has 0 saturated carbocycles. The van der Waals surface area contributed by atoms with Gasteiger partial charge in [-0.1, -0.05) is 19.4 Å². The molecule has 0 aromatic heterocycles. The molecule has 0 radical (unpaired) electrons. The smallest absolute Gasteiger partial charge is 0.0791 e. The molecule has 3 heteroatoms. The molecule has 0 aliphatic carbocycles. The lowest BCUT2D eigenvalue weighted by Crippen LogP contribution is -2.33. The number of benzene rings is 1. The minimum Gasteiger partial charge on any atom is -0.397 e. The van der Waals surface area contributed by atoms with Crippen molar-refractivity contribution in [3.05, 3.63) is 23.8 Å². The van der Waals surface area contributed by atoms with Crippen LogP contribution in [0.4, 0.5) is 11.4 Å². The largest absolute Gasteiger partial charge is 0.397 e. The van der Waals surface area contributed by atoms with Gasteiger partial charge in [0.1, 0.15) is 0 Å². The van der Waals surface area contributed by atoms with Crippen LogP contribution in [0.25, 0.3) is 0 Å². The summed E-state index contributed by atoms with van der Waals surface area (Å²) in [7, 11) is 0. The van der Waals surface area contributed by atoms with Crippen molar-refractivity contribution in [3.63, 3.8) is 0 Å². The summed E-state index contributed by atoms with van der Waals surface area (Å²) in [6.07, 6.45) is 1.75. The van der Waals surface area contributed by atoms with Crippen molar-refractivity contribution in [2.45, 2.75) is 39.2 Å². The summed E-state index contributed by atoms with van der Waals surface area (Å²) in [5.41, 5.74) is 7.95. The summed E-state index contributed by atoms with van der Waals surface area (Å²) < 4.78 is 0. The van der Waals surface area contributed by atoms with Gasteiger partial charge in [0.2, 0.25) is 0 Å². The molecular formula is C13H22N2O. The quantitative estimate of drug-likeness (QED) is 0.671. The highest BCUT2D eigenvalue weighted by molar-refractivity contribution is 5.67. The number of aryl methyl sites for hydroxylation is 1. The maximum Gasteiger partial charge on any atom is 0.0791 e. The van der Waals surface area contributed by atoms with Crippen LogP contribution in [0.2, 0.25) is 0 Å². The van der Waals surface area contributed by atoms with Gasteiger partial charge in [0.25, 0.3) is 0 Å². The topological polar surface area (TPSA) is 58.3 Å². The van der Waals surface area contributed by atoms with Gasteiger partial charge in [-0.25, -0.2) is 0 Å². The second-order valence-corrected chi connectivity index (χ2v) is 4.69. The number of aliphatic hydroxyl groups is 1. The van der Waals surface area contributed by atoms with Gasteiger partial charge < -0.3 is 16.2 Å². The van der Waals surface area contributed by atoms with Gasteiger partial charge in [0, 0.05) is 6.54 Å². The van der Waals surface area contributed by atoms with Crippen molar-refractivity contribution < 1.29 is 5.11 Å². The lowest BCUT2D eigenvalue weighted by Gasteiger charge is -2.24. The van der Waals surface area contributed by atoms with Crippen molar-refractivity contribution in [1.29, 1.82) is 0 Å². The van der Waals surface area contributed by atoms with Gasteiger partial charge in [-0.3, -0.25) is 0 Å². The lowest BCUT2D eigenvalue weighted by molar-refractivity contribution is 0.0637. The molecule has 90 valence electrons. The van der Waals surface area contributed by atoms with Crippen LogP contribution in [-0.4, -0.2) is 17.3 Å². The summed E-state index contributed by atoms with van der Waals surface area (Å²) in [6, 6.07) is 5.86. The highest BCUT2D eigenvalue weighted by Gasteiger charge is 2.18. The van der Waals surface area contributed by atoms with Crippen LogP contribution >= 0.6 is 0 Å². The Labute approximate surface area is 97.7 Å². The fraction of sp³-hybridized carbons (Fsp3) is 0.538. The zero-order valence-electron chi connectivity index (χ0n) is 10.4. The predicted molar refractivity (Wildman–Crippen MR) is 69.6 cm³/mol. The molecule has 4 N–H and O–H groups in total. The van der Waals surface area contributed by atoms with E-state index in [1.54, 1.807) is 0 Å². The highest BCUT2D eigenvalue weighted by Crippen LogP contribution is 2.21. The van der Waals surface area contributed by atoms with Crippen LogP contribution in [0.3, 0.4) is 0 Å². The van der Waals surface area contributed by atoms with E-state index >= 15 is 0 Å². The van der Waals surface area contributed by atoms with E-state index in [9.17, 15) is 5.11 Å². The van der Waals surface area contributed by atoms with Crippen LogP contribution < -0.4 is 11.1 Å². The highest BCUT2D eigenvalue weighted by atomic mass is 16.3. The number of nitrogens with one attached hydrogen (secondary N) is 1. The second-order valence-electron chi connectivity index (χ2n) is 4.69. The Hall–Kier alpha value is -1.22. The summed E-state index contributed by atoms with van der Waals surface area (Å²) >= 11 is 0. The molecule has 0 fully saturated rings. The molecule has 0 heterocycles. The van der Waals surface area contributed by atoms with Gasteiger partial charge in [0.15, 0.2) is 0 Å². The molecule has 16 heavy (non-hydrogen) atoms. The average molecular weight is 222 g/mol. The van der Waals surface area contributed by atoms with Crippen LogP contribution in [-0.2, 0) is 0 Å². The third-order valence-electron chi connectivity index (χ3n) is 2.66. The normalized spacial score (nSPS) is 14.5. The SMILES string of the molecule is CCCC(C)(O)CNc1cc(C)ccc1N. The predicted octanol–water partition coefficient (Wildman–Crippen LogP) is 2.54. The second kappa shape index (κ2) is 5.21. The lowest BCUT2D eigenvalue weighted by atomic mass is 10.0. The summed E-state index contributed by atoms with van der Waals surface area (Å²) in [4.78, 5) is 0. The summed E-state index contributed by atoms with van der Waals surface area (Å²) in [5.74, 6) is 0. The molecule has 0 spiro atoms. The van der Waals surface area contributed by atoms with Crippen LogP contribution in [0.15, 0.2) is 18.2 Å². The van der Waals surface area contributed by atoms with Gasteiger partial charge >= 0.3 is 0 Å². The molecule has 0 aliphatic rings. The average Bonchev–Trinajstić information content (AvgIpc) is 2.19. The summed E-state index contributed by atoms with van der Waals surface area (Å²) in [5, 5.41) is 13.2. The Kier molecular flexibility index (Phi) is 4.19. The number of nitrogens with two attached hydrogens (primary N) is 1. The Morgan fingerprint density at radius 3 is 2.75 bits per heavy atom. The number of rotatable bonds is 5. The van der Waals surface area contributed by atoms with Gasteiger partial charge in [-0.2, -0.15) is 0 Å². The van der Waals surface area contributed by atoms with Crippen molar-refractivity contribution in [2.75, 3.05) is 17.6 Å². The van der Waals surface area contributed by atoms with Crippen LogP contribution in [0.5, 0.6) is 0 Å². The first-order chi connectivity index (χ1) is 7.44. The van der Waals surface area contributed by atoms with Crippen molar-refractivity contribution in [2.24, 2.45) is 0 Å². The third kappa shape index (κ3) is 3.74. The molecule has 3 nitrogen and oxygen atoms in total. The molecule has 0 saturated heterocycles. The molecule has 1 aromatic rings. The Bertz CT molecular complexity index is 348. The zero-order valence-corrected chi connectivity index (χ0v) is 10.4. The first kappa shape index (κ1) is 12.8. The minimum atomic E-state index is -0.676. The summed E-state index contributed by atoms with van der Waals surface area (Å²) in [6.45, 7) is 6.45. The van der Waals surface area contributed by atoms with Crippen LogP contribution in [0.1, 0.15) is 32.3 Å². The van der Waals surface area contributed by atoms with E-state index in [0.717, 1.165) is 29.8 Å². The zero-order chi connectivity index (χ0) is 12.2. The Morgan fingerprint density at radius 2 is 2.12 bits per heavy atom. The number of nitrogen functional groups attached to an aromatic ring is 1. The Balaban J connectivity index is 2.63. The van der Waals surface area contributed by atoms with E-state index < -0.39 is 5.60 Å². The molecule has 1 rings (SSSR count). The third-order valence-corrected chi connectivity index (χ3v) is 2.66. The molecular weight excluding hydrogens is 200 g/mol. The minimum absolute atomic E-state index is 0.522. The monoisotopic (exact) mass is 222 g/mol. The first-order valence-electron chi connectivity index (χ1n) is 5.77. The maximum absolute atomic E-state index is 10.0. The Morgan fingerprint density at radius 1 is 1.44 bits per heavy atom. The number of anilines is 2. The number of hydrogen-bond acceptors (Lipinski definition) is 3. The van der Waals surface area contributed by atoms with Crippen LogP contribution in [0, 0.1) is 6.92 Å². The molecule has 1 unspecified atom stereocenters. The van der Waals surface area contributed by atoms with Gasteiger partial charge in [0.05, 0.1) is 17.0 Å². The number of hydrogen-bond donors (Lipinski definition) is 3. The maximum atomic E-state index is 10.0. The van der Waals surface area contributed by atoms with E-state index in [0.29, 0.717) is 6.54 Å². The van der Waals surface area contributed by atoms with Crippen molar-refractivity contribution >= 4 is 11.4 Å². The first-order valence-corrected chi connectivity index (χ1v) is 5.77. The van der Waals surface area contributed by atoms with E-state index in [2.05, 4.69) is 12.2 Å².